The highest BCUT2D eigenvalue weighted by molar-refractivity contribution is 7.88. The van der Waals surface area contributed by atoms with Gasteiger partial charge in [-0.2, -0.15) is 4.31 Å². The van der Waals surface area contributed by atoms with Crippen LogP contribution in [0, 0.1) is 11.8 Å². The topological polar surface area (TPSA) is 37.4 Å². The number of benzene rings is 1. The smallest absolute Gasteiger partial charge is 0.212 e. The van der Waals surface area contributed by atoms with Gasteiger partial charge in [0.25, 0.3) is 0 Å². The van der Waals surface area contributed by atoms with Crippen LogP contribution in [0.2, 0.25) is 0 Å². The zero-order valence-electron chi connectivity index (χ0n) is 10.7. The van der Waals surface area contributed by atoms with Gasteiger partial charge in [-0.05, 0) is 19.1 Å². The molecule has 0 fully saturated rings. The van der Waals surface area contributed by atoms with Gasteiger partial charge in [-0.1, -0.05) is 42.2 Å². The van der Waals surface area contributed by atoms with E-state index < -0.39 is 10.0 Å². The van der Waals surface area contributed by atoms with Gasteiger partial charge in [-0.3, -0.25) is 0 Å². The lowest BCUT2D eigenvalue weighted by atomic mass is 10.2. The lowest BCUT2D eigenvalue weighted by Crippen LogP contribution is -2.31. The van der Waals surface area contributed by atoms with E-state index in [9.17, 15) is 8.42 Å². The van der Waals surface area contributed by atoms with Crippen molar-refractivity contribution in [3.8, 4) is 11.8 Å². The Labute approximate surface area is 109 Å². The normalized spacial score (nSPS) is 10.8. The van der Waals surface area contributed by atoms with Crippen molar-refractivity contribution >= 4 is 10.0 Å². The molecule has 1 rings (SSSR count). The minimum absolute atomic E-state index is 0.181. The fourth-order valence-electron chi connectivity index (χ4n) is 1.34. The fourth-order valence-corrected chi connectivity index (χ4v) is 2.10. The molecule has 0 N–H and O–H groups in total. The van der Waals surface area contributed by atoms with Crippen LogP contribution in [0.25, 0.3) is 0 Å². The summed E-state index contributed by atoms with van der Waals surface area (Å²) in [5.41, 5.74) is 1.67. The molecule has 0 saturated carbocycles. The summed E-state index contributed by atoms with van der Waals surface area (Å²) in [6.07, 6.45) is 1.18. The average molecular weight is 263 g/mol. The van der Waals surface area contributed by atoms with E-state index in [2.05, 4.69) is 18.4 Å². The van der Waals surface area contributed by atoms with Gasteiger partial charge in [-0.15, -0.1) is 0 Å². The van der Waals surface area contributed by atoms with Crippen LogP contribution in [0.4, 0.5) is 0 Å². The second-order valence-corrected chi connectivity index (χ2v) is 6.14. The zero-order valence-corrected chi connectivity index (χ0v) is 11.5. The minimum Gasteiger partial charge on any atom is -0.212 e. The molecular formula is C14H17NO2S. The van der Waals surface area contributed by atoms with Gasteiger partial charge in [0.05, 0.1) is 12.8 Å². The number of hydrogen-bond donors (Lipinski definition) is 0. The van der Waals surface area contributed by atoms with Crippen LogP contribution in [0.1, 0.15) is 12.5 Å². The summed E-state index contributed by atoms with van der Waals surface area (Å²) in [6, 6.07) is 9.47. The van der Waals surface area contributed by atoms with Crippen molar-refractivity contribution in [1.29, 1.82) is 0 Å². The third-order valence-electron chi connectivity index (χ3n) is 2.18. The highest BCUT2D eigenvalue weighted by Gasteiger charge is 2.14. The minimum atomic E-state index is -3.24. The summed E-state index contributed by atoms with van der Waals surface area (Å²) in [5, 5.41) is 0. The fraction of sp³-hybridized carbons (Fsp3) is 0.286. The van der Waals surface area contributed by atoms with Crippen molar-refractivity contribution in [1.82, 2.24) is 4.31 Å². The van der Waals surface area contributed by atoms with Gasteiger partial charge in [0.15, 0.2) is 0 Å². The molecule has 96 valence electrons. The monoisotopic (exact) mass is 263 g/mol. The largest absolute Gasteiger partial charge is 0.212 e. The van der Waals surface area contributed by atoms with Gasteiger partial charge in [-0.25, -0.2) is 8.42 Å². The first-order chi connectivity index (χ1) is 8.39. The highest BCUT2D eigenvalue weighted by atomic mass is 32.2. The molecule has 0 radical (unpaired) electrons. The van der Waals surface area contributed by atoms with Crippen molar-refractivity contribution in [3.05, 3.63) is 48.0 Å². The third-order valence-corrected chi connectivity index (χ3v) is 3.37. The van der Waals surface area contributed by atoms with Crippen molar-refractivity contribution in [2.75, 3.05) is 19.3 Å². The van der Waals surface area contributed by atoms with Crippen LogP contribution in [-0.2, 0) is 10.0 Å². The van der Waals surface area contributed by atoms with Crippen molar-refractivity contribution < 1.29 is 8.42 Å². The molecule has 0 saturated heterocycles. The van der Waals surface area contributed by atoms with E-state index in [1.807, 2.05) is 30.3 Å². The van der Waals surface area contributed by atoms with E-state index in [-0.39, 0.29) is 6.54 Å². The Morgan fingerprint density at radius 3 is 2.44 bits per heavy atom. The molecule has 0 amide bonds. The van der Waals surface area contributed by atoms with E-state index in [0.717, 1.165) is 11.1 Å². The molecule has 4 heteroatoms. The van der Waals surface area contributed by atoms with Crippen LogP contribution in [0.5, 0.6) is 0 Å². The molecule has 0 atom stereocenters. The van der Waals surface area contributed by atoms with E-state index in [1.54, 1.807) is 6.92 Å². The van der Waals surface area contributed by atoms with Gasteiger partial charge in [0.1, 0.15) is 0 Å². The van der Waals surface area contributed by atoms with Gasteiger partial charge < -0.3 is 0 Å². The summed E-state index contributed by atoms with van der Waals surface area (Å²) in [4.78, 5) is 0. The molecule has 0 aliphatic carbocycles. The Bertz CT molecular complexity index is 565. The molecule has 1 aromatic carbocycles. The maximum absolute atomic E-state index is 11.5. The van der Waals surface area contributed by atoms with Crippen LogP contribution in [0.3, 0.4) is 0 Å². The van der Waals surface area contributed by atoms with Crippen molar-refractivity contribution in [3.63, 3.8) is 0 Å². The Balaban J connectivity index is 2.75. The maximum Gasteiger partial charge on any atom is 0.212 e. The lowest BCUT2D eigenvalue weighted by molar-refractivity contribution is 0.477. The Kier molecular flexibility index (Phi) is 5.14. The molecule has 0 bridgehead atoms. The number of hydrogen-bond acceptors (Lipinski definition) is 2. The summed E-state index contributed by atoms with van der Waals surface area (Å²) < 4.78 is 24.4. The second-order valence-electron chi connectivity index (χ2n) is 4.16. The summed E-state index contributed by atoms with van der Waals surface area (Å²) >= 11 is 0. The van der Waals surface area contributed by atoms with Crippen molar-refractivity contribution in [2.24, 2.45) is 0 Å². The van der Waals surface area contributed by atoms with Gasteiger partial charge >= 0.3 is 0 Å². The highest BCUT2D eigenvalue weighted by Crippen LogP contribution is 2.02. The maximum atomic E-state index is 11.5. The van der Waals surface area contributed by atoms with Crippen LogP contribution in [-0.4, -0.2) is 32.1 Å². The number of nitrogens with zero attached hydrogens (tertiary/aromatic N) is 1. The van der Waals surface area contributed by atoms with Crippen LogP contribution in [0.15, 0.2) is 42.5 Å². The number of sulfonamides is 1. The Hall–Kier alpha value is -1.57. The molecule has 1 aromatic rings. The van der Waals surface area contributed by atoms with Crippen LogP contribution >= 0.6 is 0 Å². The Morgan fingerprint density at radius 1 is 1.33 bits per heavy atom. The quantitative estimate of drug-likeness (QED) is 0.614. The first-order valence-corrected chi connectivity index (χ1v) is 7.38. The second kappa shape index (κ2) is 6.39. The number of rotatable bonds is 4. The molecule has 0 aliphatic rings. The van der Waals surface area contributed by atoms with E-state index >= 15 is 0 Å². The molecule has 3 nitrogen and oxygen atoms in total. The van der Waals surface area contributed by atoms with Gasteiger partial charge in [0.2, 0.25) is 10.0 Å². The van der Waals surface area contributed by atoms with Crippen LogP contribution < -0.4 is 0 Å². The molecular weight excluding hydrogens is 246 g/mol. The standard InChI is InChI=1S/C14H17NO2S/c1-13(2)12-15(18(3,16)17)11-7-10-14-8-5-4-6-9-14/h4-6,8-9H,1,11-12H2,2-3H3. The van der Waals surface area contributed by atoms with E-state index in [0.29, 0.717) is 6.54 Å². The molecule has 0 aliphatic heterocycles. The summed E-state index contributed by atoms with van der Waals surface area (Å²) in [7, 11) is -3.24. The summed E-state index contributed by atoms with van der Waals surface area (Å²) in [5.74, 6) is 5.80. The molecule has 0 unspecified atom stereocenters. The van der Waals surface area contributed by atoms with Gasteiger partial charge in [0, 0.05) is 12.1 Å². The average Bonchev–Trinajstić information content (AvgIpc) is 2.27. The molecule has 0 spiro atoms. The predicted octanol–water partition coefficient (Wildman–Crippen LogP) is 1.88. The van der Waals surface area contributed by atoms with E-state index in [1.165, 1.54) is 10.6 Å². The van der Waals surface area contributed by atoms with Crippen molar-refractivity contribution in [2.45, 2.75) is 6.92 Å². The first-order valence-electron chi connectivity index (χ1n) is 5.53. The van der Waals surface area contributed by atoms with E-state index in [4.69, 9.17) is 0 Å². The Morgan fingerprint density at radius 2 is 1.94 bits per heavy atom. The molecule has 0 heterocycles. The molecule has 0 aromatic heterocycles. The third kappa shape index (κ3) is 5.17. The summed E-state index contributed by atoms with van der Waals surface area (Å²) in [6.45, 7) is 6.00. The SMILES string of the molecule is C=C(C)CN(CC#Cc1ccccc1)S(C)(=O)=O. The molecule has 18 heavy (non-hydrogen) atoms. The zero-order chi connectivity index (χ0) is 13.6. The predicted molar refractivity (Wildman–Crippen MR) is 74.6 cm³/mol. The lowest BCUT2D eigenvalue weighted by Gasteiger charge is -2.16. The first kappa shape index (κ1) is 14.5.